The van der Waals surface area contributed by atoms with Crippen molar-refractivity contribution in [2.45, 2.75) is 6.18 Å². The zero-order valence-electron chi connectivity index (χ0n) is 9.63. The first kappa shape index (κ1) is 12.9. The predicted molar refractivity (Wildman–Crippen MR) is 63.7 cm³/mol. The molecule has 1 aliphatic rings. The molecule has 0 aliphatic carbocycles. The number of ether oxygens (including phenoxy) is 1. The Bertz CT molecular complexity index is 457. The summed E-state index contributed by atoms with van der Waals surface area (Å²) in [7, 11) is 0. The predicted octanol–water partition coefficient (Wildman–Crippen LogP) is 3.88. The molecular formula is C14H12F3O. The highest BCUT2D eigenvalue weighted by molar-refractivity contribution is 5.60. The van der Waals surface area contributed by atoms with Gasteiger partial charge in [0.25, 0.3) is 0 Å². The molecule has 18 heavy (non-hydrogen) atoms. The maximum absolute atomic E-state index is 12.4. The van der Waals surface area contributed by atoms with Gasteiger partial charge < -0.3 is 4.74 Å². The number of rotatable bonds is 2. The molecule has 0 bridgehead atoms. The van der Waals surface area contributed by atoms with Gasteiger partial charge in [0.1, 0.15) is 0 Å². The fourth-order valence-electron chi connectivity index (χ4n) is 1.75. The molecule has 1 radical (unpaired) electrons. The van der Waals surface area contributed by atoms with Gasteiger partial charge in [0.05, 0.1) is 18.8 Å². The van der Waals surface area contributed by atoms with Crippen LogP contribution < -0.4 is 0 Å². The normalized spacial score (nSPS) is 19.4. The fraction of sp³-hybridized carbons (Fsp3) is 0.214. The Morgan fingerprint density at radius 3 is 2.33 bits per heavy atom. The molecule has 1 fully saturated rings. The minimum absolute atomic E-state index is 0.475. The second-order valence-electron chi connectivity index (χ2n) is 4.01. The molecule has 1 heterocycles. The highest BCUT2D eigenvalue weighted by Gasteiger charge is 2.29. The zero-order chi connectivity index (χ0) is 13.2. The van der Waals surface area contributed by atoms with Crippen molar-refractivity contribution in [3.63, 3.8) is 0 Å². The van der Waals surface area contributed by atoms with E-state index in [9.17, 15) is 13.2 Å². The lowest BCUT2D eigenvalue weighted by Gasteiger charge is -2.07. The molecule has 95 valence electrons. The van der Waals surface area contributed by atoms with Crippen molar-refractivity contribution in [1.82, 2.24) is 0 Å². The van der Waals surface area contributed by atoms with E-state index in [1.54, 1.807) is 6.08 Å². The van der Waals surface area contributed by atoms with Gasteiger partial charge in [-0.15, -0.1) is 6.58 Å². The van der Waals surface area contributed by atoms with E-state index in [0.29, 0.717) is 13.2 Å². The van der Waals surface area contributed by atoms with Crippen molar-refractivity contribution < 1.29 is 17.9 Å². The van der Waals surface area contributed by atoms with Crippen LogP contribution in [0.25, 0.3) is 6.08 Å². The molecule has 0 amide bonds. The molecule has 0 saturated carbocycles. The van der Waals surface area contributed by atoms with Crippen LogP contribution in [0.3, 0.4) is 0 Å². The summed E-state index contributed by atoms with van der Waals surface area (Å²) in [6.07, 6.45) is -0.756. The van der Waals surface area contributed by atoms with Crippen LogP contribution in [0.4, 0.5) is 13.2 Å². The van der Waals surface area contributed by atoms with E-state index >= 15 is 0 Å². The van der Waals surface area contributed by atoms with Crippen LogP contribution in [0.2, 0.25) is 0 Å². The number of halogens is 3. The lowest BCUT2D eigenvalue weighted by atomic mass is 10.00. The summed E-state index contributed by atoms with van der Waals surface area (Å²) < 4.78 is 42.4. The Hall–Kier alpha value is -1.55. The first-order valence-corrected chi connectivity index (χ1v) is 5.45. The van der Waals surface area contributed by atoms with Crippen LogP contribution in [-0.2, 0) is 10.9 Å². The standard InChI is InChI=1S/C14H12F3O/c1-2-11-8-18-9-12(11)7-10-3-5-13(6-4-10)14(15,16)17/h2-7H,1,8-9H2/b12-7-. The fourth-order valence-corrected chi connectivity index (χ4v) is 1.75. The van der Waals surface area contributed by atoms with Crippen LogP contribution >= 0.6 is 0 Å². The van der Waals surface area contributed by atoms with Crippen LogP contribution in [0, 0.1) is 5.92 Å². The summed E-state index contributed by atoms with van der Waals surface area (Å²) in [5.41, 5.74) is 1.05. The van der Waals surface area contributed by atoms with Gasteiger partial charge in [-0.25, -0.2) is 0 Å². The second-order valence-corrected chi connectivity index (χ2v) is 4.01. The molecule has 0 atom stereocenters. The smallest absolute Gasteiger partial charge is 0.376 e. The first-order chi connectivity index (χ1) is 8.50. The molecule has 0 unspecified atom stereocenters. The van der Waals surface area contributed by atoms with E-state index in [1.807, 2.05) is 6.08 Å². The molecule has 1 aliphatic heterocycles. The van der Waals surface area contributed by atoms with Gasteiger partial charge in [-0.2, -0.15) is 13.2 Å². The van der Waals surface area contributed by atoms with Crippen molar-refractivity contribution >= 4 is 6.08 Å². The average Bonchev–Trinajstić information content (AvgIpc) is 2.76. The van der Waals surface area contributed by atoms with Crippen molar-refractivity contribution in [3.8, 4) is 0 Å². The molecule has 1 saturated heterocycles. The summed E-state index contributed by atoms with van der Waals surface area (Å²) >= 11 is 0. The third-order valence-corrected chi connectivity index (χ3v) is 2.75. The summed E-state index contributed by atoms with van der Waals surface area (Å²) in [5.74, 6) is 0.981. The van der Waals surface area contributed by atoms with E-state index in [1.165, 1.54) is 12.1 Å². The van der Waals surface area contributed by atoms with Crippen LogP contribution in [-0.4, -0.2) is 13.2 Å². The van der Waals surface area contributed by atoms with Gasteiger partial charge in [-0.3, -0.25) is 0 Å². The summed E-state index contributed by atoms with van der Waals surface area (Å²) in [4.78, 5) is 0. The van der Waals surface area contributed by atoms with Crippen molar-refractivity contribution in [2.24, 2.45) is 0 Å². The van der Waals surface area contributed by atoms with Crippen LogP contribution in [0.15, 0.2) is 42.5 Å². The van der Waals surface area contributed by atoms with E-state index in [2.05, 4.69) is 6.58 Å². The van der Waals surface area contributed by atoms with Crippen LogP contribution in [0.1, 0.15) is 11.1 Å². The number of hydrogen-bond donors (Lipinski definition) is 0. The third kappa shape index (κ3) is 2.82. The highest BCUT2D eigenvalue weighted by Crippen LogP contribution is 2.30. The van der Waals surface area contributed by atoms with E-state index in [-0.39, 0.29) is 0 Å². The van der Waals surface area contributed by atoms with Gasteiger partial charge in [0, 0.05) is 5.92 Å². The largest absolute Gasteiger partial charge is 0.416 e. The van der Waals surface area contributed by atoms with Crippen molar-refractivity contribution in [2.75, 3.05) is 13.2 Å². The van der Waals surface area contributed by atoms with Gasteiger partial charge in [-0.05, 0) is 23.3 Å². The molecule has 0 aromatic heterocycles. The summed E-state index contributed by atoms with van der Waals surface area (Å²) in [6, 6.07) is 5.06. The first-order valence-electron chi connectivity index (χ1n) is 5.45. The Morgan fingerprint density at radius 2 is 1.78 bits per heavy atom. The molecule has 4 heteroatoms. The SMILES string of the molecule is C=C[C]1COC/C1=C/c1ccc(C(F)(F)F)cc1. The monoisotopic (exact) mass is 253 g/mol. The molecular weight excluding hydrogens is 241 g/mol. The quantitative estimate of drug-likeness (QED) is 0.777. The molecule has 1 aromatic carbocycles. The van der Waals surface area contributed by atoms with Gasteiger partial charge in [-0.1, -0.05) is 24.3 Å². The summed E-state index contributed by atoms with van der Waals surface area (Å²) in [5, 5.41) is 0. The highest BCUT2D eigenvalue weighted by atomic mass is 19.4. The molecule has 2 rings (SSSR count). The Balaban J connectivity index is 2.20. The lowest BCUT2D eigenvalue weighted by molar-refractivity contribution is -0.137. The maximum Gasteiger partial charge on any atom is 0.416 e. The Labute approximate surface area is 104 Å². The van der Waals surface area contributed by atoms with Crippen molar-refractivity contribution in [1.29, 1.82) is 0 Å². The molecule has 1 aromatic rings. The minimum Gasteiger partial charge on any atom is -0.376 e. The number of alkyl halides is 3. The second kappa shape index (κ2) is 4.98. The zero-order valence-corrected chi connectivity index (χ0v) is 9.63. The lowest BCUT2D eigenvalue weighted by Crippen LogP contribution is -2.04. The molecule has 1 nitrogen and oxygen atoms in total. The molecule has 0 N–H and O–H groups in total. The van der Waals surface area contributed by atoms with Gasteiger partial charge in [0.2, 0.25) is 0 Å². The maximum atomic E-state index is 12.4. The van der Waals surface area contributed by atoms with Gasteiger partial charge >= 0.3 is 6.18 Å². The Morgan fingerprint density at radius 1 is 1.11 bits per heavy atom. The van der Waals surface area contributed by atoms with Gasteiger partial charge in [0.15, 0.2) is 0 Å². The van der Waals surface area contributed by atoms with E-state index < -0.39 is 11.7 Å². The third-order valence-electron chi connectivity index (χ3n) is 2.75. The van der Waals surface area contributed by atoms with E-state index in [4.69, 9.17) is 4.74 Å². The minimum atomic E-state index is -4.29. The molecule has 0 spiro atoms. The summed E-state index contributed by atoms with van der Waals surface area (Å²) in [6.45, 7) is 4.66. The topological polar surface area (TPSA) is 9.23 Å². The Kier molecular flexibility index (Phi) is 3.57. The van der Waals surface area contributed by atoms with Crippen LogP contribution in [0.5, 0.6) is 0 Å². The number of benzene rings is 1. The van der Waals surface area contributed by atoms with E-state index in [0.717, 1.165) is 29.2 Å². The van der Waals surface area contributed by atoms with Crippen molar-refractivity contribution in [3.05, 3.63) is 59.5 Å². The number of hydrogen-bond acceptors (Lipinski definition) is 1. The average molecular weight is 253 g/mol.